The predicted octanol–water partition coefficient (Wildman–Crippen LogP) is 2.82. The summed E-state index contributed by atoms with van der Waals surface area (Å²) in [6.07, 6.45) is 4.32. The average Bonchev–Trinajstić information content (AvgIpc) is 2.84. The normalized spacial score (nSPS) is 20.2. The molecule has 1 N–H and O–H groups in total. The van der Waals surface area contributed by atoms with E-state index in [0.29, 0.717) is 12.0 Å². The molecular formula is C17H29N3. The molecule has 2 rings (SSSR count). The van der Waals surface area contributed by atoms with Crippen molar-refractivity contribution in [1.29, 1.82) is 0 Å². The summed E-state index contributed by atoms with van der Waals surface area (Å²) in [5.74, 6) is 0.520. The Bertz CT molecular complexity index is 438. The third-order valence-electron chi connectivity index (χ3n) is 5.05. The molecular weight excluding hydrogens is 246 g/mol. The molecule has 0 radical (unpaired) electrons. The molecule has 0 saturated carbocycles. The number of likely N-dealkylation sites (N-methyl/N-ethyl adjacent to an activating group) is 2. The van der Waals surface area contributed by atoms with Crippen LogP contribution in [0.2, 0.25) is 0 Å². The summed E-state index contributed by atoms with van der Waals surface area (Å²) in [6.45, 7) is 11.4. The van der Waals surface area contributed by atoms with Crippen molar-refractivity contribution in [3.63, 3.8) is 0 Å². The Kier molecular flexibility index (Phi) is 4.82. The first-order valence-electron chi connectivity index (χ1n) is 7.92. The Morgan fingerprint density at radius 3 is 2.70 bits per heavy atom. The first-order valence-corrected chi connectivity index (χ1v) is 7.92. The molecule has 0 aliphatic heterocycles. The highest BCUT2D eigenvalue weighted by molar-refractivity contribution is 5.31. The number of pyridine rings is 1. The number of nitrogens with one attached hydrogen (secondary N) is 1. The minimum Gasteiger partial charge on any atom is -0.315 e. The van der Waals surface area contributed by atoms with E-state index in [1.165, 1.54) is 24.1 Å². The third kappa shape index (κ3) is 2.61. The van der Waals surface area contributed by atoms with Crippen LogP contribution in [0.3, 0.4) is 0 Å². The fourth-order valence-corrected chi connectivity index (χ4v) is 4.05. The largest absolute Gasteiger partial charge is 0.315 e. The molecule has 1 aliphatic rings. The Labute approximate surface area is 123 Å². The number of fused-ring (bicyclic) bond motifs is 1. The minimum atomic E-state index is 0.127. The molecule has 0 amide bonds. The van der Waals surface area contributed by atoms with Crippen molar-refractivity contribution in [3.8, 4) is 0 Å². The molecule has 112 valence electrons. The molecule has 1 aromatic heterocycles. The molecule has 0 bridgehead atoms. The first kappa shape index (κ1) is 15.5. The summed E-state index contributed by atoms with van der Waals surface area (Å²) in [5, 5.41) is 3.59. The van der Waals surface area contributed by atoms with Gasteiger partial charge < -0.3 is 5.32 Å². The maximum Gasteiger partial charge on any atom is 0.0482 e. The number of rotatable bonds is 6. The second-order valence-electron chi connectivity index (χ2n) is 6.29. The first-order chi connectivity index (χ1) is 9.56. The van der Waals surface area contributed by atoms with Crippen molar-refractivity contribution in [1.82, 2.24) is 15.2 Å². The third-order valence-corrected chi connectivity index (χ3v) is 5.05. The van der Waals surface area contributed by atoms with Gasteiger partial charge in [0.15, 0.2) is 0 Å². The van der Waals surface area contributed by atoms with Crippen LogP contribution >= 0.6 is 0 Å². The van der Waals surface area contributed by atoms with Gasteiger partial charge in [0.05, 0.1) is 0 Å². The van der Waals surface area contributed by atoms with Gasteiger partial charge >= 0.3 is 0 Å². The smallest absolute Gasteiger partial charge is 0.0482 e. The molecule has 0 fully saturated rings. The van der Waals surface area contributed by atoms with Crippen molar-refractivity contribution in [2.45, 2.75) is 58.0 Å². The van der Waals surface area contributed by atoms with E-state index < -0.39 is 0 Å². The molecule has 1 heterocycles. The molecule has 3 nitrogen and oxygen atoms in total. The van der Waals surface area contributed by atoms with Gasteiger partial charge in [-0.1, -0.05) is 19.9 Å². The summed E-state index contributed by atoms with van der Waals surface area (Å²) < 4.78 is 0. The van der Waals surface area contributed by atoms with Crippen LogP contribution in [0.1, 0.15) is 51.3 Å². The lowest BCUT2D eigenvalue weighted by Gasteiger charge is -2.45. The van der Waals surface area contributed by atoms with Crippen LogP contribution in [0.15, 0.2) is 18.3 Å². The van der Waals surface area contributed by atoms with Gasteiger partial charge in [0, 0.05) is 29.4 Å². The number of nitrogens with zero attached hydrogens (tertiary/aromatic N) is 2. The lowest BCUT2D eigenvalue weighted by molar-refractivity contribution is 0.0821. The van der Waals surface area contributed by atoms with E-state index in [9.17, 15) is 0 Å². The van der Waals surface area contributed by atoms with Gasteiger partial charge in [-0.05, 0) is 58.5 Å². The van der Waals surface area contributed by atoms with Crippen LogP contribution in [0.25, 0.3) is 0 Å². The van der Waals surface area contributed by atoms with Crippen LogP contribution in [0.4, 0.5) is 0 Å². The van der Waals surface area contributed by atoms with Gasteiger partial charge in [-0.25, -0.2) is 0 Å². The fraction of sp³-hybridized carbons (Fsp3) is 0.706. The zero-order chi connectivity index (χ0) is 14.8. The number of hydrogen-bond acceptors (Lipinski definition) is 3. The van der Waals surface area contributed by atoms with Gasteiger partial charge in [-0.3, -0.25) is 9.88 Å². The fourth-order valence-electron chi connectivity index (χ4n) is 4.05. The Hall–Kier alpha value is -0.930. The zero-order valence-corrected chi connectivity index (χ0v) is 13.6. The van der Waals surface area contributed by atoms with Gasteiger partial charge in [0.25, 0.3) is 0 Å². The van der Waals surface area contributed by atoms with Crippen LogP contribution in [-0.2, 0) is 6.42 Å². The number of hydrogen-bond donors (Lipinski definition) is 1. The molecule has 20 heavy (non-hydrogen) atoms. The highest BCUT2D eigenvalue weighted by atomic mass is 15.2. The van der Waals surface area contributed by atoms with Crippen molar-refractivity contribution < 1.29 is 0 Å². The van der Waals surface area contributed by atoms with Crippen molar-refractivity contribution in [3.05, 3.63) is 29.6 Å². The molecule has 2 unspecified atom stereocenters. The van der Waals surface area contributed by atoms with Crippen molar-refractivity contribution >= 4 is 0 Å². The van der Waals surface area contributed by atoms with E-state index >= 15 is 0 Å². The molecule has 3 heteroatoms. The zero-order valence-electron chi connectivity index (χ0n) is 13.6. The summed E-state index contributed by atoms with van der Waals surface area (Å²) in [6, 6.07) is 4.73. The van der Waals surface area contributed by atoms with Gasteiger partial charge in [-0.2, -0.15) is 0 Å². The molecule has 0 aromatic carbocycles. The quantitative estimate of drug-likeness (QED) is 0.865. The van der Waals surface area contributed by atoms with E-state index in [0.717, 1.165) is 13.1 Å². The van der Waals surface area contributed by atoms with Crippen LogP contribution in [-0.4, -0.2) is 41.6 Å². The van der Waals surface area contributed by atoms with Crippen LogP contribution < -0.4 is 5.32 Å². The second kappa shape index (κ2) is 6.23. The highest BCUT2D eigenvalue weighted by Crippen LogP contribution is 2.38. The monoisotopic (exact) mass is 275 g/mol. The Morgan fingerprint density at radius 1 is 1.40 bits per heavy atom. The minimum absolute atomic E-state index is 0.127. The lowest BCUT2D eigenvalue weighted by Crippen LogP contribution is -2.59. The SMILES string of the molecule is CCN(CC)C(C)(C)C(NC)C1CCc2cccnc21. The Morgan fingerprint density at radius 2 is 2.10 bits per heavy atom. The predicted molar refractivity (Wildman–Crippen MR) is 85.1 cm³/mol. The van der Waals surface area contributed by atoms with E-state index in [4.69, 9.17) is 0 Å². The van der Waals surface area contributed by atoms with E-state index in [1.807, 2.05) is 6.20 Å². The summed E-state index contributed by atoms with van der Waals surface area (Å²) in [4.78, 5) is 7.23. The van der Waals surface area contributed by atoms with Gasteiger partial charge in [0.2, 0.25) is 0 Å². The molecule has 0 saturated heterocycles. The van der Waals surface area contributed by atoms with E-state index in [2.05, 4.69) is 62.1 Å². The summed E-state index contributed by atoms with van der Waals surface area (Å²) in [7, 11) is 2.09. The maximum absolute atomic E-state index is 4.68. The Balaban J connectivity index is 2.30. The average molecular weight is 275 g/mol. The molecule has 2 atom stereocenters. The summed E-state index contributed by atoms with van der Waals surface area (Å²) >= 11 is 0. The van der Waals surface area contributed by atoms with Gasteiger partial charge in [-0.15, -0.1) is 0 Å². The highest BCUT2D eigenvalue weighted by Gasteiger charge is 2.41. The standard InChI is InChI=1S/C17H29N3/c1-6-20(7-2)17(3,4)16(18-5)14-11-10-13-9-8-12-19-15(13)14/h8-9,12,14,16,18H,6-7,10-11H2,1-5H3. The maximum atomic E-state index is 4.68. The van der Waals surface area contributed by atoms with Gasteiger partial charge in [0.1, 0.15) is 0 Å². The molecule has 0 spiro atoms. The van der Waals surface area contributed by atoms with Crippen molar-refractivity contribution in [2.75, 3.05) is 20.1 Å². The topological polar surface area (TPSA) is 28.2 Å². The van der Waals surface area contributed by atoms with Crippen LogP contribution in [0.5, 0.6) is 0 Å². The molecule has 1 aromatic rings. The second-order valence-corrected chi connectivity index (χ2v) is 6.29. The van der Waals surface area contributed by atoms with Crippen molar-refractivity contribution in [2.24, 2.45) is 0 Å². The van der Waals surface area contributed by atoms with E-state index in [-0.39, 0.29) is 5.54 Å². The number of aromatic nitrogens is 1. The van der Waals surface area contributed by atoms with Crippen LogP contribution in [0, 0.1) is 0 Å². The number of aryl methyl sites for hydroxylation is 1. The lowest BCUT2D eigenvalue weighted by atomic mass is 9.81. The molecule has 1 aliphatic carbocycles. The van der Waals surface area contributed by atoms with E-state index in [1.54, 1.807) is 0 Å². The summed E-state index contributed by atoms with van der Waals surface area (Å²) in [5.41, 5.74) is 2.88.